The van der Waals surface area contributed by atoms with Gasteiger partial charge in [-0.3, -0.25) is 0 Å². The summed E-state index contributed by atoms with van der Waals surface area (Å²) in [5, 5.41) is 3.26. The highest BCUT2D eigenvalue weighted by Gasteiger charge is 2.29. The van der Waals surface area contributed by atoms with E-state index in [0.717, 1.165) is 31.5 Å². The van der Waals surface area contributed by atoms with Gasteiger partial charge in [0.2, 0.25) is 10.0 Å². The first-order chi connectivity index (χ1) is 10.1. The summed E-state index contributed by atoms with van der Waals surface area (Å²) >= 11 is 0. The fourth-order valence-corrected chi connectivity index (χ4v) is 4.95. The van der Waals surface area contributed by atoms with Gasteiger partial charge in [0.25, 0.3) is 0 Å². The topological polar surface area (TPSA) is 49.4 Å². The van der Waals surface area contributed by atoms with Gasteiger partial charge in [0.05, 0.1) is 4.90 Å². The third-order valence-corrected chi connectivity index (χ3v) is 6.61. The first kappa shape index (κ1) is 15.0. The quantitative estimate of drug-likeness (QED) is 0.929. The smallest absolute Gasteiger partial charge is 0.243 e. The van der Waals surface area contributed by atoms with Crippen molar-refractivity contribution < 1.29 is 8.42 Å². The number of rotatable bonds is 4. The van der Waals surface area contributed by atoms with E-state index in [-0.39, 0.29) is 0 Å². The van der Waals surface area contributed by atoms with Crippen LogP contribution in [0.4, 0.5) is 0 Å². The highest BCUT2D eigenvalue weighted by molar-refractivity contribution is 7.89. The normalized spacial score (nSPS) is 20.6. The molecule has 4 nitrogen and oxygen atoms in total. The number of fused-ring (bicyclic) bond motifs is 1. The molecule has 21 heavy (non-hydrogen) atoms. The molecular formula is C16H24N2O2S. The number of nitrogens with zero attached hydrogens (tertiary/aromatic N) is 1. The van der Waals surface area contributed by atoms with Crippen molar-refractivity contribution in [3.05, 3.63) is 29.3 Å². The molecule has 0 atom stereocenters. The van der Waals surface area contributed by atoms with Gasteiger partial charge >= 0.3 is 0 Å². The molecule has 1 N–H and O–H groups in total. The molecule has 2 aliphatic heterocycles. The fourth-order valence-electron chi connectivity index (χ4n) is 3.43. The van der Waals surface area contributed by atoms with E-state index in [9.17, 15) is 8.42 Å². The Labute approximate surface area is 127 Å². The van der Waals surface area contributed by atoms with Gasteiger partial charge in [-0.05, 0) is 42.0 Å². The fraction of sp³-hybridized carbons (Fsp3) is 0.625. The first-order valence-corrected chi connectivity index (χ1v) is 9.38. The van der Waals surface area contributed by atoms with Crippen molar-refractivity contribution in [3.63, 3.8) is 0 Å². The molecule has 0 unspecified atom stereocenters. The minimum atomic E-state index is -3.32. The van der Waals surface area contributed by atoms with E-state index < -0.39 is 10.0 Å². The largest absolute Gasteiger partial charge is 0.309 e. The van der Waals surface area contributed by atoms with Crippen molar-refractivity contribution in [1.82, 2.24) is 9.62 Å². The van der Waals surface area contributed by atoms with Gasteiger partial charge in [0.15, 0.2) is 0 Å². The third-order valence-electron chi connectivity index (χ3n) is 4.72. The molecule has 5 heteroatoms. The maximum Gasteiger partial charge on any atom is 0.243 e. The number of hydrogen-bond donors (Lipinski definition) is 1. The molecule has 1 aromatic carbocycles. The number of benzene rings is 1. The van der Waals surface area contributed by atoms with Gasteiger partial charge in [0, 0.05) is 26.2 Å². The lowest BCUT2D eigenvalue weighted by Gasteiger charge is -2.31. The lowest BCUT2D eigenvalue weighted by atomic mass is 9.94. The Balaban J connectivity index is 1.75. The summed E-state index contributed by atoms with van der Waals surface area (Å²) in [6.45, 7) is 5.15. The maximum absolute atomic E-state index is 12.8. The maximum atomic E-state index is 12.8. The Morgan fingerprint density at radius 1 is 1.19 bits per heavy atom. The van der Waals surface area contributed by atoms with E-state index >= 15 is 0 Å². The van der Waals surface area contributed by atoms with Crippen LogP contribution in [0, 0.1) is 5.92 Å². The second kappa shape index (κ2) is 6.07. The van der Waals surface area contributed by atoms with E-state index in [1.165, 1.54) is 18.4 Å². The van der Waals surface area contributed by atoms with Crippen LogP contribution in [-0.2, 0) is 23.1 Å². The molecule has 0 spiro atoms. The molecule has 0 bridgehead atoms. The number of nitrogens with one attached hydrogen (secondary N) is 1. The number of hydrogen-bond acceptors (Lipinski definition) is 3. The van der Waals surface area contributed by atoms with Crippen molar-refractivity contribution in [2.45, 2.75) is 50.6 Å². The van der Waals surface area contributed by atoms with Crippen LogP contribution in [0.25, 0.3) is 0 Å². The summed E-state index contributed by atoms with van der Waals surface area (Å²) in [6, 6.07) is 5.56. The van der Waals surface area contributed by atoms with Crippen LogP contribution in [-0.4, -0.2) is 25.8 Å². The standard InChI is InChI=1S/C16H24N2O2S/c1-2-3-13-6-8-18(9-7-13)21(19,20)16-5-4-14-11-17-12-15(14)10-16/h4-5,10,13,17H,2-3,6-9,11-12H2,1H3. The van der Waals surface area contributed by atoms with Gasteiger partial charge < -0.3 is 5.32 Å². The molecule has 0 saturated carbocycles. The predicted octanol–water partition coefficient (Wildman–Crippen LogP) is 2.49. The molecular weight excluding hydrogens is 284 g/mol. The predicted molar refractivity (Wildman–Crippen MR) is 83.4 cm³/mol. The van der Waals surface area contributed by atoms with E-state index in [4.69, 9.17) is 0 Å². The Hall–Kier alpha value is -0.910. The zero-order valence-corrected chi connectivity index (χ0v) is 13.5. The average Bonchev–Trinajstić information content (AvgIpc) is 2.95. The molecule has 1 saturated heterocycles. The van der Waals surface area contributed by atoms with E-state index in [1.807, 2.05) is 12.1 Å². The highest BCUT2D eigenvalue weighted by Crippen LogP contribution is 2.28. The lowest BCUT2D eigenvalue weighted by molar-refractivity contribution is 0.262. The number of sulfonamides is 1. The van der Waals surface area contributed by atoms with E-state index in [0.29, 0.717) is 23.9 Å². The van der Waals surface area contributed by atoms with Crippen LogP contribution in [0.15, 0.2) is 23.1 Å². The molecule has 1 aromatic rings. The zero-order chi connectivity index (χ0) is 14.9. The van der Waals surface area contributed by atoms with Gasteiger partial charge in [-0.1, -0.05) is 25.8 Å². The highest BCUT2D eigenvalue weighted by atomic mass is 32.2. The van der Waals surface area contributed by atoms with Crippen molar-refractivity contribution in [2.24, 2.45) is 5.92 Å². The molecule has 1 fully saturated rings. The Bertz CT molecular complexity index is 605. The van der Waals surface area contributed by atoms with E-state index in [2.05, 4.69) is 12.2 Å². The molecule has 2 heterocycles. The van der Waals surface area contributed by atoms with Gasteiger partial charge in [-0.2, -0.15) is 4.31 Å². The van der Waals surface area contributed by atoms with Crippen LogP contribution in [0.3, 0.4) is 0 Å². The average molecular weight is 308 g/mol. The van der Waals surface area contributed by atoms with Crippen molar-refractivity contribution in [3.8, 4) is 0 Å². The number of piperidine rings is 1. The van der Waals surface area contributed by atoms with Gasteiger partial charge in [0.1, 0.15) is 0 Å². The molecule has 0 aromatic heterocycles. The van der Waals surface area contributed by atoms with Gasteiger partial charge in [-0.25, -0.2) is 8.42 Å². The SMILES string of the molecule is CCCC1CCN(S(=O)(=O)c2ccc3c(c2)CNC3)CC1. The zero-order valence-electron chi connectivity index (χ0n) is 12.6. The van der Waals surface area contributed by atoms with Crippen LogP contribution in [0.2, 0.25) is 0 Å². The van der Waals surface area contributed by atoms with Gasteiger partial charge in [-0.15, -0.1) is 0 Å². The van der Waals surface area contributed by atoms with Crippen LogP contribution >= 0.6 is 0 Å². The van der Waals surface area contributed by atoms with Crippen molar-refractivity contribution in [1.29, 1.82) is 0 Å². The summed E-state index contributed by atoms with van der Waals surface area (Å²) < 4.78 is 27.2. The van der Waals surface area contributed by atoms with E-state index in [1.54, 1.807) is 10.4 Å². The second-order valence-electron chi connectivity index (χ2n) is 6.17. The Morgan fingerprint density at radius 2 is 1.90 bits per heavy atom. The summed E-state index contributed by atoms with van der Waals surface area (Å²) in [7, 11) is -3.32. The Kier molecular flexibility index (Phi) is 4.33. The first-order valence-electron chi connectivity index (χ1n) is 7.94. The summed E-state index contributed by atoms with van der Waals surface area (Å²) in [5.41, 5.74) is 2.34. The second-order valence-corrected chi connectivity index (χ2v) is 8.11. The molecule has 116 valence electrons. The van der Waals surface area contributed by atoms with Crippen molar-refractivity contribution >= 4 is 10.0 Å². The van der Waals surface area contributed by atoms with Crippen LogP contribution < -0.4 is 5.32 Å². The minimum Gasteiger partial charge on any atom is -0.309 e. The summed E-state index contributed by atoms with van der Waals surface area (Å²) in [6.07, 6.45) is 4.41. The van der Waals surface area contributed by atoms with Crippen molar-refractivity contribution in [2.75, 3.05) is 13.1 Å². The molecule has 2 aliphatic rings. The molecule has 3 rings (SSSR count). The monoisotopic (exact) mass is 308 g/mol. The minimum absolute atomic E-state index is 0.457. The third kappa shape index (κ3) is 3.00. The molecule has 0 radical (unpaired) electrons. The summed E-state index contributed by atoms with van der Waals surface area (Å²) in [4.78, 5) is 0.457. The Morgan fingerprint density at radius 3 is 2.62 bits per heavy atom. The lowest BCUT2D eigenvalue weighted by Crippen LogP contribution is -2.38. The summed E-state index contributed by atoms with van der Waals surface area (Å²) in [5.74, 6) is 0.700. The van der Waals surface area contributed by atoms with Crippen LogP contribution in [0.5, 0.6) is 0 Å². The van der Waals surface area contributed by atoms with Crippen LogP contribution in [0.1, 0.15) is 43.7 Å². The molecule has 0 aliphatic carbocycles. The molecule has 0 amide bonds.